The lowest BCUT2D eigenvalue weighted by molar-refractivity contribution is -0.121. The van der Waals surface area contributed by atoms with Gasteiger partial charge in [0, 0.05) is 26.6 Å². The monoisotopic (exact) mass is 330 g/mol. The van der Waals surface area contributed by atoms with E-state index in [9.17, 15) is 13.2 Å². The number of sulfonamides is 1. The molecular formula is C14H22N2O5S. The molecule has 0 heterocycles. The van der Waals surface area contributed by atoms with Crippen molar-refractivity contribution >= 4 is 21.6 Å². The van der Waals surface area contributed by atoms with E-state index in [0.29, 0.717) is 24.6 Å². The number of rotatable bonds is 9. The normalized spacial score (nSPS) is 11.0. The summed E-state index contributed by atoms with van der Waals surface area (Å²) in [4.78, 5) is 11.7. The van der Waals surface area contributed by atoms with Gasteiger partial charge in [0.2, 0.25) is 15.9 Å². The van der Waals surface area contributed by atoms with Gasteiger partial charge in [0.05, 0.1) is 25.7 Å². The van der Waals surface area contributed by atoms with Crippen LogP contribution in [-0.2, 0) is 19.6 Å². The Bertz CT molecular complexity index is 571. The van der Waals surface area contributed by atoms with Crippen molar-refractivity contribution in [2.45, 2.75) is 6.42 Å². The van der Waals surface area contributed by atoms with Crippen molar-refractivity contribution in [2.75, 3.05) is 44.5 Å². The van der Waals surface area contributed by atoms with Crippen molar-refractivity contribution in [2.24, 2.45) is 0 Å². The minimum atomic E-state index is -3.47. The highest BCUT2D eigenvalue weighted by atomic mass is 32.2. The average molecular weight is 330 g/mol. The van der Waals surface area contributed by atoms with E-state index >= 15 is 0 Å². The second kappa shape index (κ2) is 8.60. The quantitative estimate of drug-likeness (QED) is 0.671. The van der Waals surface area contributed by atoms with Gasteiger partial charge in [0.25, 0.3) is 0 Å². The third-order valence-electron chi connectivity index (χ3n) is 2.93. The molecule has 0 aromatic heterocycles. The van der Waals surface area contributed by atoms with Gasteiger partial charge in [-0.2, -0.15) is 0 Å². The van der Waals surface area contributed by atoms with Crippen LogP contribution in [0.25, 0.3) is 0 Å². The summed E-state index contributed by atoms with van der Waals surface area (Å²) >= 11 is 0. The molecule has 0 saturated carbocycles. The summed E-state index contributed by atoms with van der Waals surface area (Å²) in [6.45, 7) is 0.890. The van der Waals surface area contributed by atoms with Gasteiger partial charge in [-0.15, -0.1) is 0 Å². The Morgan fingerprint density at radius 3 is 2.36 bits per heavy atom. The minimum absolute atomic E-state index is 0.0722. The fourth-order valence-electron chi connectivity index (χ4n) is 1.82. The molecule has 8 heteroatoms. The molecule has 124 valence electrons. The summed E-state index contributed by atoms with van der Waals surface area (Å²) in [7, 11) is -0.392. The van der Waals surface area contributed by atoms with Crippen LogP contribution in [0.3, 0.4) is 0 Å². The first kappa shape index (κ1) is 18.2. The molecule has 0 radical (unpaired) electrons. The molecule has 1 aromatic rings. The minimum Gasteiger partial charge on any atom is -0.497 e. The molecule has 0 saturated heterocycles. The highest BCUT2D eigenvalue weighted by Crippen LogP contribution is 2.21. The number of hydrogen-bond acceptors (Lipinski definition) is 5. The van der Waals surface area contributed by atoms with Crippen LogP contribution in [0.15, 0.2) is 24.3 Å². The summed E-state index contributed by atoms with van der Waals surface area (Å²) in [6.07, 6.45) is 1.18. The zero-order chi connectivity index (χ0) is 16.6. The zero-order valence-corrected chi connectivity index (χ0v) is 13.9. The Morgan fingerprint density at radius 1 is 1.23 bits per heavy atom. The highest BCUT2D eigenvalue weighted by Gasteiger charge is 2.18. The van der Waals surface area contributed by atoms with Crippen LogP contribution in [-0.4, -0.2) is 54.5 Å². The molecule has 0 spiro atoms. The summed E-state index contributed by atoms with van der Waals surface area (Å²) < 4.78 is 34.9. The molecule has 1 amide bonds. The van der Waals surface area contributed by atoms with Crippen LogP contribution in [0.5, 0.6) is 5.75 Å². The van der Waals surface area contributed by atoms with Crippen molar-refractivity contribution < 1.29 is 22.7 Å². The van der Waals surface area contributed by atoms with Crippen molar-refractivity contribution in [1.82, 2.24) is 5.32 Å². The number of methoxy groups -OCH3 is 2. The Hall–Kier alpha value is -1.80. The molecule has 0 aliphatic rings. The van der Waals surface area contributed by atoms with E-state index in [1.54, 1.807) is 31.4 Å². The van der Waals surface area contributed by atoms with Crippen LogP contribution in [0.2, 0.25) is 0 Å². The number of carbonyl (C=O) groups is 1. The SMILES string of the molecule is COCCNC(=O)CCN(c1ccc(OC)cc1)S(C)(=O)=O. The number of nitrogens with one attached hydrogen (secondary N) is 1. The van der Waals surface area contributed by atoms with Crippen molar-refractivity contribution in [3.63, 3.8) is 0 Å². The molecule has 1 aromatic carbocycles. The standard InChI is InChI=1S/C14H22N2O5S/c1-20-11-9-15-14(17)8-10-16(22(3,18)19)12-4-6-13(21-2)7-5-12/h4-7H,8-11H2,1-3H3,(H,15,17). The molecule has 1 N–H and O–H groups in total. The largest absolute Gasteiger partial charge is 0.497 e. The average Bonchev–Trinajstić information content (AvgIpc) is 2.47. The number of hydrogen-bond donors (Lipinski definition) is 1. The fourth-order valence-corrected chi connectivity index (χ4v) is 2.75. The van der Waals surface area contributed by atoms with Gasteiger partial charge >= 0.3 is 0 Å². The fraction of sp³-hybridized carbons (Fsp3) is 0.500. The van der Waals surface area contributed by atoms with E-state index in [-0.39, 0.29) is 18.9 Å². The predicted octanol–water partition coefficient (Wildman–Crippen LogP) is 0.614. The van der Waals surface area contributed by atoms with Crippen LogP contribution in [0.4, 0.5) is 5.69 Å². The molecule has 0 atom stereocenters. The van der Waals surface area contributed by atoms with Crippen molar-refractivity contribution in [3.8, 4) is 5.75 Å². The molecule has 22 heavy (non-hydrogen) atoms. The molecule has 0 bridgehead atoms. The first-order valence-electron chi connectivity index (χ1n) is 6.76. The lowest BCUT2D eigenvalue weighted by atomic mass is 10.3. The number of carbonyl (C=O) groups excluding carboxylic acids is 1. The number of benzene rings is 1. The number of anilines is 1. The topological polar surface area (TPSA) is 84.9 Å². The number of ether oxygens (including phenoxy) is 2. The molecule has 0 aliphatic heterocycles. The van der Waals surface area contributed by atoms with Gasteiger partial charge < -0.3 is 14.8 Å². The van der Waals surface area contributed by atoms with E-state index in [1.807, 2.05) is 0 Å². The maximum absolute atomic E-state index is 11.9. The maximum atomic E-state index is 11.9. The molecule has 1 rings (SSSR count). The molecular weight excluding hydrogens is 308 g/mol. The van der Waals surface area contributed by atoms with Crippen LogP contribution >= 0.6 is 0 Å². The summed E-state index contributed by atoms with van der Waals surface area (Å²) in [6, 6.07) is 6.63. The molecule has 7 nitrogen and oxygen atoms in total. The number of nitrogens with zero attached hydrogens (tertiary/aromatic N) is 1. The second-order valence-electron chi connectivity index (χ2n) is 4.63. The third kappa shape index (κ3) is 5.90. The lowest BCUT2D eigenvalue weighted by Gasteiger charge is -2.22. The van der Waals surface area contributed by atoms with Gasteiger partial charge in [-0.05, 0) is 24.3 Å². The van der Waals surface area contributed by atoms with Gasteiger partial charge in [-0.1, -0.05) is 0 Å². The van der Waals surface area contributed by atoms with E-state index in [1.165, 1.54) is 11.4 Å². The predicted molar refractivity (Wildman–Crippen MR) is 84.7 cm³/mol. The van der Waals surface area contributed by atoms with Gasteiger partial charge in [0.15, 0.2) is 0 Å². The summed E-state index contributed by atoms with van der Waals surface area (Å²) in [5, 5.41) is 2.65. The van der Waals surface area contributed by atoms with E-state index in [0.717, 1.165) is 6.26 Å². The summed E-state index contributed by atoms with van der Waals surface area (Å²) in [5.74, 6) is 0.411. The van der Waals surface area contributed by atoms with E-state index in [2.05, 4.69) is 5.32 Å². The molecule has 0 aliphatic carbocycles. The van der Waals surface area contributed by atoms with Crippen molar-refractivity contribution in [1.29, 1.82) is 0 Å². The Morgan fingerprint density at radius 2 is 1.86 bits per heavy atom. The molecule has 0 fully saturated rings. The van der Waals surface area contributed by atoms with Crippen molar-refractivity contribution in [3.05, 3.63) is 24.3 Å². The maximum Gasteiger partial charge on any atom is 0.232 e. The Labute approximate surface area is 131 Å². The highest BCUT2D eigenvalue weighted by molar-refractivity contribution is 7.92. The lowest BCUT2D eigenvalue weighted by Crippen LogP contribution is -2.35. The van der Waals surface area contributed by atoms with E-state index < -0.39 is 10.0 Å². The first-order chi connectivity index (χ1) is 10.4. The zero-order valence-electron chi connectivity index (χ0n) is 13.0. The smallest absolute Gasteiger partial charge is 0.232 e. The third-order valence-corrected chi connectivity index (χ3v) is 4.13. The second-order valence-corrected chi connectivity index (χ2v) is 6.53. The Balaban J connectivity index is 2.71. The number of amides is 1. The van der Waals surface area contributed by atoms with Gasteiger partial charge in [-0.3, -0.25) is 9.10 Å². The van der Waals surface area contributed by atoms with Gasteiger partial charge in [0.1, 0.15) is 5.75 Å². The van der Waals surface area contributed by atoms with Crippen LogP contribution in [0.1, 0.15) is 6.42 Å². The Kier molecular flexibility index (Phi) is 7.13. The van der Waals surface area contributed by atoms with Gasteiger partial charge in [-0.25, -0.2) is 8.42 Å². The summed E-state index contributed by atoms with van der Waals surface area (Å²) in [5.41, 5.74) is 0.494. The first-order valence-corrected chi connectivity index (χ1v) is 8.60. The van der Waals surface area contributed by atoms with E-state index in [4.69, 9.17) is 9.47 Å². The van der Waals surface area contributed by atoms with Crippen LogP contribution < -0.4 is 14.4 Å². The molecule has 0 unspecified atom stereocenters. The van der Waals surface area contributed by atoms with Crippen LogP contribution in [0, 0.1) is 0 Å².